The maximum atomic E-state index is 12.8. The first-order valence-electron chi connectivity index (χ1n) is 8.94. The van der Waals surface area contributed by atoms with Crippen molar-refractivity contribution >= 4 is 17.8 Å². The van der Waals surface area contributed by atoms with E-state index in [0.29, 0.717) is 18.8 Å². The number of hydrogen-bond donors (Lipinski definition) is 1. The molecular formula is C17H27N3O3. The second-order valence-corrected chi connectivity index (χ2v) is 7.40. The minimum absolute atomic E-state index is 0.106. The van der Waals surface area contributed by atoms with Gasteiger partial charge in [0.25, 0.3) is 5.91 Å². The van der Waals surface area contributed by atoms with Crippen LogP contribution in [0.1, 0.15) is 58.3 Å². The van der Waals surface area contributed by atoms with Gasteiger partial charge < -0.3 is 10.2 Å². The standard InChI is InChI=1S/C17H27N3O3/c1-13-7-6-10-19(11-13)14(21)12-20-15(22)17(18-16(20)23)8-4-2-3-5-9-17/h13H,2-12H2,1H3,(H,18,23)/t13-/m1/s1. The molecule has 1 N–H and O–H groups in total. The molecule has 1 saturated carbocycles. The Kier molecular flexibility index (Phi) is 4.60. The van der Waals surface area contributed by atoms with Gasteiger partial charge >= 0.3 is 6.03 Å². The number of nitrogens with one attached hydrogen (secondary N) is 1. The molecule has 0 bridgehead atoms. The lowest BCUT2D eigenvalue weighted by molar-refractivity contribution is -0.140. The molecule has 2 heterocycles. The summed E-state index contributed by atoms with van der Waals surface area (Å²) < 4.78 is 0. The Bertz CT molecular complexity index is 497. The Morgan fingerprint density at radius 1 is 1.17 bits per heavy atom. The third-order valence-electron chi connectivity index (χ3n) is 5.51. The van der Waals surface area contributed by atoms with Crippen LogP contribution in [0.5, 0.6) is 0 Å². The molecule has 3 rings (SSSR count). The summed E-state index contributed by atoms with van der Waals surface area (Å²) in [7, 11) is 0. The molecule has 4 amide bonds. The molecule has 128 valence electrons. The maximum Gasteiger partial charge on any atom is 0.325 e. The normalized spacial score (nSPS) is 28.0. The lowest BCUT2D eigenvalue weighted by Gasteiger charge is -2.32. The SMILES string of the molecule is C[C@@H]1CCCN(C(=O)CN2C(=O)NC3(CCCCCC3)C2=O)C1. The van der Waals surface area contributed by atoms with Crippen molar-refractivity contribution < 1.29 is 14.4 Å². The van der Waals surface area contributed by atoms with Gasteiger partial charge in [-0.05, 0) is 31.6 Å². The first-order chi connectivity index (χ1) is 11.0. The van der Waals surface area contributed by atoms with E-state index in [4.69, 9.17) is 0 Å². The van der Waals surface area contributed by atoms with Crippen molar-refractivity contribution in [2.45, 2.75) is 63.8 Å². The number of carbonyl (C=O) groups excluding carboxylic acids is 3. The largest absolute Gasteiger partial charge is 0.341 e. The number of amides is 4. The summed E-state index contributed by atoms with van der Waals surface area (Å²) in [5.74, 6) is 0.192. The molecule has 6 heteroatoms. The van der Waals surface area contributed by atoms with Crippen molar-refractivity contribution in [3.05, 3.63) is 0 Å². The van der Waals surface area contributed by atoms with Crippen LogP contribution in [0, 0.1) is 5.92 Å². The van der Waals surface area contributed by atoms with E-state index in [2.05, 4.69) is 12.2 Å². The topological polar surface area (TPSA) is 69.7 Å². The minimum Gasteiger partial charge on any atom is -0.341 e. The number of nitrogens with zero attached hydrogens (tertiary/aromatic N) is 2. The molecule has 2 aliphatic heterocycles. The summed E-state index contributed by atoms with van der Waals surface area (Å²) >= 11 is 0. The van der Waals surface area contributed by atoms with Crippen molar-refractivity contribution in [1.29, 1.82) is 0 Å². The van der Waals surface area contributed by atoms with Crippen molar-refractivity contribution in [2.24, 2.45) is 5.92 Å². The molecule has 23 heavy (non-hydrogen) atoms. The minimum atomic E-state index is -0.747. The molecule has 0 aromatic heterocycles. The summed E-state index contributed by atoms with van der Waals surface area (Å²) in [4.78, 5) is 40.5. The van der Waals surface area contributed by atoms with Crippen LogP contribution in [0.2, 0.25) is 0 Å². The summed E-state index contributed by atoms with van der Waals surface area (Å²) in [6.07, 6.45) is 7.65. The fourth-order valence-corrected chi connectivity index (χ4v) is 4.14. The first-order valence-corrected chi connectivity index (χ1v) is 8.94. The van der Waals surface area contributed by atoms with Crippen LogP contribution in [0.25, 0.3) is 0 Å². The zero-order chi connectivity index (χ0) is 16.4. The van der Waals surface area contributed by atoms with Crippen molar-refractivity contribution in [3.63, 3.8) is 0 Å². The van der Waals surface area contributed by atoms with Crippen LogP contribution in [0.3, 0.4) is 0 Å². The van der Waals surface area contributed by atoms with E-state index >= 15 is 0 Å². The molecule has 2 saturated heterocycles. The van der Waals surface area contributed by atoms with Gasteiger partial charge in [-0.1, -0.05) is 32.6 Å². The van der Waals surface area contributed by atoms with Crippen molar-refractivity contribution in [2.75, 3.05) is 19.6 Å². The number of likely N-dealkylation sites (tertiary alicyclic amines) is 1. The van der Waals surface area contributed by atoms with Gasteiger partial charge in [0.2, 0.25) is 5.91 Å². The predicted molar refractivity (Wildman–Crippen MR) is 85.7 cm³/mol. The number of urea groups is 1. The number of piperidine rings is 1. The van der Waals surface area contributed by atoms with Gasteiger partial charge in [0.05, 0.1) is 0 Å². The summed E-state index contributed by atoms with van der Waals surface area (Å²) in [5, 5.41) is 2.89. The molecule has 3 aliphatic rings. The Balaban J connectivity index is 1.66. The summed E-state index contributed by atoms with van der Waals surface area (Å²) in [6, 6.07) is -0.393. The second kappa shape index (κ2) is 6.49. The molecule has 0 aromatic rings. The van der Waals surface area contributed by atoms with Crippen LogP contribution in [-0.4, -0.2) is 52.8 Å². The van der Waals surface area contributed by atoms with E-state index in [1.807, 2.05) is 0 Å². The van der Waals surface area contributed by atoms with Crippen LogP contribution < -0.4 is 5.32 Å². The third kappa shape index (κ3) is 3.21. The molecule has 6 nitrogen and oxygen atoms in total. The van der Waals surface area contributed by atoms with Crippen LogP contribution >= 0.6 is 0 Å². The van der Waals surface area contributed by atoms with E-state index in [9.17, 15) is 14.4 Å². The highest BCUT2D eigenvalue weighted by atomic mass is 16.2. The monoisotopic (exact) mass is 321 g/mol. The highest BCUT2D eigenvalue weighted by Crippen LogP contribution is 2.32. The molecule has 1 aliphatic carbocycles. The predicted octanol–water partition coefficient (Wildman–Crippen LogP) is 1.89. The Morgan fingerprint density at radius 2 is 1.87 bits per heavy atom. The average molecular weight is 321 g/mol. The van der Waals surface area contributed by atoms with Gasteiger partial charge in [-0.2, -0.15) is 0 Å². The van der Waals surface area contributed by atoms with Crippen LogP contribution in [0.15, 0.2) is 0 Å². The lowest BCUT2D eigenvalue weighted by atomic mass is 9.90. The molecule has 0 aromatic carbocycles. The highest BCUT2D eigenvalue weighted by molar-refractivity contribution is 6.09. The van der Waals surface area contributed by atoms with E-state index in [1.54, 1.807) is 4.90 Å². The number of hydrogen-bond acceptors (Lipinski definition) is 3. The lowest BCUT2D eigenvalue weighted by Crippen LogP contribution is -2.48. The second-order valence-electron chi connectivity index (χ2n) is 7.40. The number of rotatable bonds is 2. The fraction of sp³-hybridized carbons (Fsp3) is 0.824. The van der Waals surface area contributed by atoms with E-state index < -0.39 is 11.6 Å². The Hall–Kier alpha value is -1.59. The van der Waals surface area contributed by atoms with Gasteiger partial charge in [0.1, 0.15) is 12.1 Å². The smallest absolute Gasteiger partial charge is 0.325 e. The summed E-state index contributed by atoms with van der Waals surface area (Å²) in [6.45, 7) is 3.48. The van der Waals surface area contributed by atoms with Crippen LogP contribution in [-0.2, 0) is 9.59 Å². The van der Waals surface area contributed by atoms with E-state index in [0.717, 1.165) is 56.5 Å². The highest BCUT2D eigenvalue weighted by Gasteiger charge is 2.51. The van der Waals surface area contributed by atoms with Crippen molar-refractivity contribution in [1.82, 2.24) is 15.1 Å². The Morgan fingerprint density at radius 3 is 2.52 bits per heavy atom. The quantitative estimate of drug-likeness (QED) is 0.790. The van der Waals surface area contributed by atoms with Gasteiger partial charge in [-0.15, -0.1) is 0 Å². The number of imide groups is 1. The average Bonchev–Trinajstić information content (AvgIpc) is 2.71. The van der Waals surface area contributed by atoms with Gasteiger partial charge in [0, 0.05) is 13.1 Å². The van der Waals surface area contributed by atoms with Gasteiger partial charge in [0.15, 0.2) is 0 Å². The third-order valence-corrected chi connectivity index (χ3v) is 5.51. The molecule has 3 fully saturated rings. The Labute approximate surface area is 137 Å². The van der Waals surface area contributed by atoms with E-state index in [1.165, 1.54) is 0 Å². The number of carbonyl (C=O) groups is 3. The molecule has 0 radical (unpaired) electrons. The fourth-order valence-electron chi connectivity index (χ4n) is 4.14. The molecular weight excluding hydrogens is 294 g/mol. The van der Waals surface area contributed by atoms with Crippen molar-refractivity contribution in [3.8, 4) is 0 Å². The first kappa shape index (κ1) is 16.3. The van der Waals surface area contributed by atoms with Crippen LogP contribution in [0.4, 0.5) is 4.79 Å². The van der Waals surface area contributed by atoms with Gasteiger partial charge in [-0.3, -0.25) is 14.5 Å². The van der Waals surface area contributed by atoms with E-state index in [-0.39, 0.29) is 18.4 Å². The molecule has 0 unspecified atom stereocenters. The maximum absolute atomic E-state index is 12.8. The summed E-state index contributed by atoms with van der Waals surface area (Å²) in [5.41, 5.74) is -0.747. The molecule has 1 spiro atoms. The zero-order valence-electron chi connectivity index (χ0n) is 14.0. The molecule has 1 atom stereocenters. The van der Waals surface area contributed by atoms with Gasteiger partial charge in [-0.25, -0.2) is 4.79 Å². The zero-order valence-corrected chi connectivity index (χ0v) is 14.0.